The summed E-state index contributed by atoms with van der Waals surface area (Å²) in [5, 5.41) is 12.9. The number of thiophene rings is 1. The van der Waals surface area contributed by atoms with Gasteiger partial charge in [-0.25, -0.2) is 13.4 Å². The second kappa shape index (κ2) is 11.9. The van der Waals surface area contributed by atoms with Crippen LogP contribution in [-0.4, -0.2) is 52.5 Å². The number of ether oxygens (including phenoxy) is 1. The molecule has 0 spiro atoms. The minimum Gasteiger partial charge on any atom is -0.403 e. The lowest BCUT2D eigenvalue weighted by molar-refractivity contribution is 0.0639. The maximum absolute atomic E-state index is 14.1. The zero-order chi connectivity index (χ0) is 32.3. The molecule has 3 N–H and O–H groups in total. The van der Waals surface area contributed by atoms with Gasteiger partial charge in [-0.2, -0.15) is 0 Å². The second-order valence-corrected chi connectivity index (χ2v) is 16.2. The lowest BCUT2D eigenvalue weighted by Crippen LogP contribution is -2.17. The number of nitrogen functional groups attached to an aromatic ring is 1. The first-order valence-electron chi connectivity index (χ1n) is 16.3. The largest absolute Gasteiger partial charge is 0.403 e. The van der Waals surface area contributed by atoms with Crippen LogP contribution in [0.15, 0.2) is 46.0 Å². The fraction of sp³-hybridized carbons (Fsp3) is 0.441. The zero-order valence-electron chi connectivity index (χ0n) is 26.4. The Kier molecular flexibility index (Phi) is 7.72. The molecule has 47 heavy (non-hydrogen) atoms. The Balaban J connectivity index is 1.31. The highest BCUT2D eigenvalue weighted by Crippen LogP contribution is 2.51. The van der Waals surface area contributed by atoms with Crippen molar-refractivity contribution < 1.29 is 17.6 Å². The summed E-state index contributed by atoms with van der Waals surface area (Å²) < 4.78 is 40.7. The van der Waals surface area contributed by atoms with E-state index in [4.69, 9.17) is 24.9 Å². The molecule has 1 aliphatic carbocycles. The van der Waals surface area contributed by atoms with Crippen molar-refractivity contribution in [1.29, 1.82) is 0 Å². The summed E-state index contributed by atoms with van der Waals surface area (Å²) in [6.07, 6.45) is 8.98. The SMILES string of the molecule is CC(C)[C@@H]1CS(=O)(=O)c2c1nc(CCC1CCOCC1)c(-c1nnc(N)o1)c2-c1cc2ccnc(N[C@@H]3CCc4ncccc43)c2s1. The smallest absolute Gasteiger partial charge is 0.313 e. The highest BCUT2D eigenvalue weighted by atomic mass is 32.2. The number of hydrogen-bond donors (Lipinski definition) is 2. The monoisotopic (exact) mass is 671 g/mol. The van der Waals surface area contributed by atoms with Gasteiger partial charge >= 0.3 is 6.01 Å². The van der Waals surface area contributed by atoms with Crippen LogP contribution in [0, 0.1) is 11.8 Å². The molecule has 2 aliphatic heterocycles. The third kappa shape index (κ3) is 5.47. The number of rotatable bonds is 8. The first-order chi connectivity index (χ1) is 22.8. The van der Waals surface area contributed by atoms with Gasteiger partial charge in [0.15, 0.2) is 9.84 Å². The molecule has 2 atom stereocenters. The van der Waals surface area contributed by atoms with Crippen LogP contribution >= 0.6 is 11.3 Å². The Morgan fingerprint density at radius 1 is 1.09 bits per heavy atom. The normalized spacial score (nSPS) is 20.6. The van der Waals surface area contributed by atoms with Crippen LogP contribution in [-0.2, 0) is 27.4 Å². The van der Waals surface area contributed by atoms with Crippen LogP contribution in [0.2, 0.25) is 0 Å². The number of pyridine rings is 3. The number of nitrogens with two attached hydrogens (primary N) is 1. The lowest BCUT2D eigenvalue weighted by Gasteiger charge is -2.23. The van der Waals surface area contributed by atoms with Crippen LogP contribution in [0.5, 0.6) is 0 Å². The van der Waals surface area contributed by atoms with E-state index in [-0.39, 0.29) is 40.4 Å². The van der Waals surface area contributed by atoms with E-state index in [1.54, 1.807) is 6.20 Å². The van der Waals surface area contributed by atoms with Gasteiger partial charge in [0, 0.05) is 47.7 Å². The number of nitrogens with zero attached hydrogens (tertiary/aromatic N) is 5. The summed E-state index contributed by atoms with van der Waals surface area (Å²) in [5.41, 5.74) is 10.8. The van der Waals surface area contributed by atoms with Crippen LogP contribution in [0.3, 0.4) is 0 Å². The van der Waals surface area contributed by atoms with Gasteiger partial charge in [0.1, 0.15) is 5.82 Å². The minimum absolute atomic E-state index is 0.0171. The first-order valence-corrected chi connectivity index (χ1v) is 18.8. The highest BCUT2D eigenvalue weighted by Gasteiger charge is 2.43. The number of aryl methyl sites for hydroxylation is 2. The number of sulfone groups is 1. The molecule has 1 fully saturated rings. The third-order valence-electron chi connectivity index (χ3n) is 9.87. The molecule has 11 nitrogen and oxygen atoms in total. The molecule has 0 unspecified atom stereocenters. The molecular weight excluding hydrogens is 635 g/mol. The molecule has 3 aliphatic rings. The number of anilines is 2. The van der Waals surface area contributed by atoms with Gasteiger partial charge in [0.05, 0.1) is 38.3 Å². The summed E-state index contributed by atoms with van der Waals surface area (Å²) in [4.78, 5) is 15.5. The Morgan fingerprint density at radius 3 is 2.72 bits per heavy atom. The third-order valence-corrected chi connectivity index (χ3v) is 12.9. The van der Waals surface area contributed by atoms with E-state index in [0.29, 0.717) is 29.2 Å². The highest BCUT2D eigenvalue weighted by molar-refractivity contribution is 7.92. The average Bonchev–Trinajstić information content (AvgIpc) is 3.85. The van der Waals surface area contributed by atoms with Gasteiger partial charge in [-0.15, -0.1) is 16.4 Å². The van der Waals surface area contributed by atoms with Crippen molar-refractivity contribution >= 4 is 43.1 Å². The lowest BCUT2D eigenvalue weighted by atomic mass is 9.89. The van der Waals surface area contributed by atoms with Gasteiger partial charge in [-0.1, -0.05) is 25.0 Å². The van der Waals surface area contributed by atoms with E-state index in [1.807, 2.05) is 18.3 Å². The number of aromatic nitrogens is 5. The topological polar surface area (TPSA) is 159 Å². The van der Waals surface area contributed by atoms with E-state index < -0.39 is 9.84 Å². The van der Waals surface area contributed by atoms with E-state index in [1.165, 1.54) is 16.9 Å². The van der Waals surface area contributed by atoms with E-state index in [0.717, 1.165) is 77.5 Å². The molecular formula is C34H37N7O4S2. The number of nitrogens with one attached hydrogen (secondary N) is 1. The number of hydrogen-bond acceptors (Lipinski definition) is 12. The summed E-state index contributed by atoms with van der Waals surface area (Å²) in [6.45, 7) is 5.63. The van der Waals surface area contributed by atoms with Crippen molar-refractivity contribution in [2.45, 2.75) is 69.2 Å². The molecule has 8 rings (SSSR count). The fourth-order valence-corrected chi connectivity index (χ4v) is 10.8. The molecule has 0 aromatic carbocycles. The molecule has 5 aromatic rings. The maximum atomic E-state index is 14.1. The van der Waals surface area contributed by atoms with Crippen molar-refractivity contribution in [3.8, 4) is 21.9 Å². The average molecular weight is 672 g/mol. The van der Waals surface area contributed by atoms with Crippen molar-refractivity contribution in [2.24, 2.45) is 11.8 Å². The van der Waals surface area contributed by atoms with Gasteiger partial charge in [0.2, 0.25) is 0 Å². The first kappa shape index (κ1) is 30.4. The van der Waals surface area contributed by atoms with Crippen molar-refractivity contribution in [2.75, 3.05) is 30.0 Å². The molecule has 7 heterocycles. The van der Waals surface area contributed by atoms with Gasteiger partial charge < -0.3 is 20.2 Å². The Labute approximate surface area is 277 Å². The van der Waals surface area contributed by atoms with Crippen LogP contribution < -0.4 is 11.1 Å². The molecule has 0 saturated carbocycles. The molecule has 1 saturated heterocycles. The fourth-order valence-electron chi connectivity index (χ4n) is 7.39. The predicted octanol–water partition coefficient (Wildman–Crippen LogP) is 6.37. The van der Waals surface area contributed by atoms with Gasteiger partial charge in [-0.3, -0.25) is 9.97 Å². The molecule has 13 heteroatoms. The summed E-state index contributed by atoms with van der Waals surface area (Å²) in [5.74, 6) is 1.32. The van der Waals surface area contributed by atoms with Gasteiger partial charge in [0.25, 0.3) is 5.89 Å². The van der Waals surface area contributed by atoms with Crippen molar-refractivity contribution in [3.63, 3.8) is 0 Å². The van der Waals surface area contributed by atoms with Gasteiger partial charge in [-0.05, 0) is 79.5 Å². The number of fused-ring (bicyclic) bond motifs is 3. The minimum atomic E-state index is -3.69. The Morgan fingerprint density at radius 2 is 1.94 bits per heavy atom. The molecule has 0 bridgehead atoms. The Hall–Kier alpha value is -3.94. The molecule has 244 valence electrons. The van der Waals surface area contributed by atoms with Crippen LogP contribution in [0.4, 0.5) is 11.8 Å². The summed E-state index contributed by atoms with van der Waals surface area (Å²) >= 11 is 1.52. The van der Waals surface area contributed by atoms with Crippen molar-refractivity contribution in [3.05, 3.63) is 59.3 Å². The summed E-state index contributed by atoms with van der Waals surface area (Å²) in [6, 6.07) is 8.12. The predicted molar refractivity (Wildman–Crippen MR) is 181 cm³/mol. The second-order valence-electron chi connectivity index (χ2n) is 13.2. The standard InChI is InChI=1S/C34H37N7O4S2/c1-18(2)22-17-47(42,43)31-28(27(33-40-41-34(35)45-33)25(38-29(22)31)6-5-19-10-14-44-15-11-19)26-16-20-9-13-37-32(30(20)46-26)39-24-8-7-23-21(24)4-3-12-36-23/h3-4,9,12-13,16,18-19,22,24H,5-8,10-11,14-15,17H2,1-2H3,(H2,35,41)(H,37,39)/t22-,24+/m0/s1. The van der Waals surface area contributed by atoms with Crippen LogP contribution in [0.25, 0.3) is 32.0 Å². The quantitative estimate of drug-likeness (QED) is 0.189. The Bertz CT molecular complexity index is 2090. The van der Waals surface area contributed by atoms with E-state index in [9.17, 15) is 8.42 Å². The van der Waals surface area contributed by atoms with Crippen molar-refractivity contribution in [1.82, 2.24) is 25.1 Å². The van der Waals surface area contributed by atoms with E-state index in [2.05, 4.69) is 46.5 Å². The zero-order valence-corrected chi connectivity index (χ0v) is 28.0. The summed E-state index contributed by atoms with van der Waals surface area (Å²) in [7, 11) is -3.69. The van der Waals surface area contributed by atoms with E-state index >= 15 is 0 Å². The molecule has 0 radical (unpaired) electrons. The van der Waals surface area contributed by atoms with Crippen LogP contribution in [0.1, 0.15) is 74.1 Å². The molecule has 0 amide bonds. The molecule has 5 aromatic heterocycles. The maximum Gasteiger partial charge on any atom is 0.313 e.